The highest BCUT2D eigenvalue weighted by Gasteiger charge is 2.43. The van der Waals surface area contributed by atoms with Gasteiger partial charge in [0.25, 0.3) is 5.91 Å². The zero-order valence-electron chi connectivity index (χ0n) is 21.9. The Labute approximate surface area is 242 Å². The molecule has 41 heavy (non-hydrogen) atoms. The first-order valence-electron chi connectivity index (χ1n) is 12.7. The molecule has 11 heteroatoms. The number of hydrogen-bond acceptors (Lipinski definition) is 6. The van der Waals surface area contributed by atoms with Gasteiger partial charge in [0.05, 0.1) is 0 Å². The van der Waals surface area contributed by atoms with Gasteiger partial charge in [0.15, 0.2) is 23.1 Å². The number of carbonyl (C=O) groups is 1. The number of aromatic hydroxyl groups is 1. The highest BCUT2D eigenvalue weighted by Crippen LogP contribution is 2.41. The molecule has 0 fully saturated rings. The van der Waals surface area contributed by atoms with Gasteiger partial charge in [-0.1, -0.05) is 64.5 Å². The fourth-order valence-corrected chi connectivity index (χ4v) is 5.55. The molecular formula is C30H26BrF2N3O5. The number of aromatic nitrogens is 1. The van der Waals surface area contributed by atoms with Crippen LogP contribution in [0, 0.1) is 11.6 Å². The number of halogens is 3. The van der Waals surface area contributed by atoms with Gasteiger partial charge in [-0.05, 0) is 23.3 Å². The molecule has 1 aliphatic rings. The smallest absolute Gasteiger partial charge is 0.277 e. The summed E-state index contributed by atoms with van der Waals surface area (Å²) in [6, 6.07) is 17.9. The van der Waals surface area contributed by atoms with Crippen LogP contribution in [-0.2, 0) is 6.61 Å². The van der Waals surface area contributed by atoms with Crippen molar-refractivity contribution in [1.82, 2.24) is 9.58 Å². The second-order valence-corrected chi connectivity index (χ2v) is 10.4. The summed E-state index contributed by atoms with van der Waals surface area (Å²) in [6.45, 7) is -0.306. The van der Waals surface area contributed by atoms with Crippen LogP contribution in [0.25, 0.3) is 0 Å². The van der Waals surface area contributed by atoms with E-state index in [9.17, 15) is 28.6 Å². The Hall–Kier alpha value is -4.22. The number of fused-ring (bicyclic) bond motifs is 1. The van der Waals surface area contributed by atoms with Gasteiger partial charge in [-0.2, -0.15) is 0 Å². The van der Waals surface area contributed by atoms with Crippen LogP contribution in [0.4, 0.5) is 8.78 Å². The largest absolute Gasteiger partial charge is 0.507 e. The van der Waals surface area contributed by atoms with Crippen LogP contribution in [-0.4, -0.2) is 45.5 Å². The Kier molecular flexibility index (Phi) is 8.09. The van der Waals surface area contributed by atoms with Gasteiger partial charge >= 0.3 is 0 Å². The molecule has 2 atom stereocenters. The number of hydrogen-bond donors (Lipinski definition) is 2. The molecule has 0 radical (unpaired) electrons. The molecule has 3 aromatic carbocycles. The van der Waals surface area contributed by atoms with Crippen LogP contribution in [0.5, 0.6) is 11.5 Å². The number of carbonyl (C=O) groups excluding carboxylic acids is 1. The minimum Gasteiger partial charge on any atom is -0.507 e. The van der Waals surface area contributed by atoms with Crippen LogP contribution < -0.4 is 15.2 Å². The lowest BCUT2D eigenvalue weighted by Crippen LogP contribution is -2.61. The molecule has 0 aliphatic carbocycles. The van der Waals surface area contributed by atoms with Gasteiger partial charge in [-0.25, -0.2) is 8.78 Å². The molecule has 8 nitrogen and oxygen atoms in total. The summed E-state index contributed by atoms with van der Waals surface area (Å²) in [5.41, 5.74) is 0.694. The first kappa shape index (κ1) is 28.3. The number of aliphatic hydroxyl groups excluding tert-OH is 1. The maximum atomic E-state index is 14.7. The number of nitrogens with zero attached hydrogens (tertiary/aromatic N) is 3. The van der Waals surface area contributed by atoms with E-state index >= 15 is 0 Å². The molecular weight excluding hydrogens is 600 g/mol. The van der Waals surface area contributed by atoms with Crippen molar-refractivity contribution in [2.75, 3.05) is 18.7 Å². The van der Waals surface area contributed by atoms with Crippen LogP contribution >= 0.6 is 15.9 Å². The molecule has 1 aliphatic heterocycles. The summed E-state index contributed by atoms with van der Waals surface area (Å²) in [6.07, 6.45) is 0.608. The van der Waals surface area contributed by atoms with Crippen molar-refractivity contribution in [3.8, 4) is 11.5 Å². The third-order valence-electron chi connectivity index (χ3n) is 7.00. The lowest BCUT2D eigenvalue weighted by Gasteiger charge is -2.49. The average Bonchev–Trinajstić information content (AvgIpc) is 2.96. The number of rotatable bonds is 8. The van der Waals surface area contributed by atoms with Crippen LogP contribution in [0.2, 0.25) is 0 Å². The van der Waals surface area contributed by atoms with E-state index < -0.39 is 40.9 Å². The minimum absolute atomic E-state index is 0.00195. The van der Waals surface area contributed by atoms with E-state index in [1.54, 1.807) is 29.3 Å². The molecule has 2 N–H and O–H groups in total. The summed E-state index contributed by atoms with van der Waals surface area (Å²) in [7, 11) is 1.51. The topological polar surface area (TPSA) is 95.2 Å². The predicted octanol–water partition coefficient (Wildman–Crippen LogP) is 4.70. The fraction of sp³-hybridized carbons (Fsp3) is 0.200. The molecule has 4 aromatic rings. The molecule has 1 amide bonds. The van der Waals surface area contributed by atoms with E-state index in [4.69, 9.17) is 4.74 Å². The third kappa shape index (κ3) is 5.30. The van der Waals surface area contributed by atoms with Crippen molar-refractivity contribution in [2.24, 2.45) is 0 Å². The van der Waals surface area contributed by atoms with Gasteiger partial charge in [0.1, 0.15) is 24.6 Å². The van der Waals surface area contributed by atoms with E-state index in [1.165, 1.54) is 28.9 Å². The number of benzene rings is 3. The van der Waals surface area contributed by atoms with Gasteiger partial charge in [-0.3, -0.25) is 19.3 Å². The summed E-state index contributed by atoms with van der Waals surface area (Å²) < 4.78 is 36.7. The molecule has 212 valence electrons. The van der Waals surface area contributed by atoms with Crippen LogP contribution in [0.1, 0.15) is 39.6 Å². The first-order valence-corrected chi connectivity index (χ1v) is 13.5. The monoisotopic (exact) mass is 625 g/mol. The number of aliphatic hydroxyl groups is 1. The number of phenolic OH excluding ortho intramolecular Hbond substituents is 1. The normalized spacial score (nSPS) is 15.5. The van der Waals surface area contributed by atoms with E-state index in [1.807, 2.05) is 30.3 Å². The highest BCUT2D eigenvalue weighted by atomic mass is 79.9. The quantitative estimate of drug-likeness (QED) is 0.295. The molecule has 1 aromatic heterocycles. The van der Waals surface area contributed by atoms with Crippen molar-refractivity contribution < 1.29 is 28.5 Å². The van der Waals surface area contributed by atoms with Gasteiger partial charge in [-0.15, -0.1) is 0 Å². The van der Waals surface area contributed by atoms with Crippen molar-refractivity contribution in [2.45, 2.75) is 25.2 Å². The summed E-state index contributed by atoms with van der Waals surface area (Å²) >= 11 is 3.53. The zero-order chi connectivity index (χ0) is 29.3. The Balaban J connectivity index is 1.77. The number of pyridine rings is 1. The molecule has 0 saturated heterocycles. The average molecular weight is 626 g/mol. The van der Waals surface area contributed by atoms with Gasteiger partial charge in [0, 0.05) is 48.4 Å². The van der Waals surface area contributed by atoms with Crippen molar-refractivity contribution in [3.63, 3.8) is 0 Å². The predicted molar refractivity (Wildman–Crippen MR) is 151 cm³/mol. The van der Waals surface area contributed by atoms with Crippen molar-refractivity contribution in [1.29, 1.82) is 0 Å². The van der Waals surface area contributed by atoms with Crippen LogP contribution in [0.15, 0.2) is 88.3 Å². The molecule has 5 rings (SSSR count). The minimum atomic E-state index is -1.23. The standard InChI is InChI=1S/C30H26BrF2N3O5/c1-34-26(12-14-37)36(27(19-9-5-6-10-21(19)31)20-15-22(32)23(33)16-25(20)39)35-13-11-24(38)29(28(35)30(34)40)41-17-18-7-3-2-4-8-18/h2-11,13,15-16,26-27,37,39H,12,14,17H2,1H3. The summed E-state index contributed by atoms with van der Waals surface area (Å²) in [5.74, 6) is -3.66. The number of amides is 1. The van der Waals surface area contributed by atoms with Crippen molar-refractivity contribution in [3.05, 3.63) is 128 Å². The maximum Gasteiger partial charge on any atom is 0.277 e. The Morgan fingerprint density at radius 1 is 0.976 bits per heavy atom. The number of phenols is 1. The van der Waals surface area contributed by atoms with E-state index in [0.29, 0.717) is 16.1 Å². The zero-order valence-corrected chi connectivity index (χ0v) is 23.5. The van der Waals surface area contributed by atoms with Gasteiger partial charge < -0.3 is 19.8 Å². The Morgan fingerprint density at radius 2 is 1.66 bits per heavy atom. The van der Waals surface area contributed by atoms with Crippen LogP contribution in [0.3, 0.4) is 0 Å². The molecule has 0 saturated carbocycles. The second-order valence-electron chi connectivity index (χ2n) is 9.51. The van der Waals surface area contributed by atoms with E-state index in [-0.39, 0.29) is 36.6 Å². The number of ether oxygens (including phenoxy) is 1. The second kappa shape index (κ2) is 11.7. The Morgan fingerprint density at radius 3 is 2.37 bits per heavy atom. The highest BCUT2D eigenvalue weighted by molar-refractivity contribution is 9.10. The summed E-state index contributed by atoms with van der Waals surface area (Å²) in [5, 5.41) is 22.5. The maximum absolute atomic E-state index is 14.7. The van der Waals surface area contributed by atoms with Gasteiger partial charge in [0.2, 0.25) is 5.43 Å². The van der Waals surface area contributed by atoms with E-state index in [2.05, 4.69) is 15.9 Å². The lowest BCUT2D eigenvalue weighted by atomic mass is 9.95. The SMILES string of the molecule is CN1C(=O)c2c(OCc3ccccc3)c(=O)ccn2N(C(c2cc(F)c(F)cc2O)c2ccccc2Br)C1CCO. The third-order valence-corrected chi connectivity index (χ3v) is 7.72. The van der Waals surface area contributed by atoms with E-state index in [0.717, 1.165) is 11.6 Å². The molecule has 2 heterocycles. The fourth-order valence-electron chi connectivity index (χ4n) is 5.05. The molecule has 2 unspecified atom stereocenters. The van der Waals surface area contributed by atoms with Crippen molar-refractivity contribution >= 4 is 21.8 Å². The first-order chi connectivity index (χ1) is 19.7. The summed E-state index contributed by atoms with van der Waals surface area (Å²) in [4.78, 5) is 28.2. The molecule has 0 bridgehead atoms. The lowest BCUT2D eigenvalue weighted by molar-refractivity contribution is 0.0575. The Bertz CT molecular complexity index is 1650. The molecule has 0 spiro atoms.